The SMILES string of the molecule is Cc1c(C(=O)NCc2cccc(F)c2C2CC2)c2cccc(F)c2c(=O)n1Cc1cc(F)ccc1F. The van der Waals surface area contributed by atoms with E-state index in [-0.39, 0.29) is 45.9 Å². The molecule has 8 heteroatoms. The Balaban J connectivity index is 1.58. The Hall–Kier alpha value is -3.94. The highest BCUT2D eigenvalue weighted by Gasteiger charge is 2.29. The summed E-state index contributed by atoms with van der Waals surface area (Å²) in [5.41, 5.74) is 0.551. The van der Waals surface area contributed by atoms with Crippen molar-refractivity contribution in [2.75, 3.05) is 0 Å². The van der Waals surface area contributed by atoms with Gasteiger partial charge < -0.3 is 9.88 Å². The van der Waals surface area contributed by atoms with E-state index in [9.17, 15) is 27.2 Å². The lowest BCUT2D eigenvalue weighted by Crippen LogP contribution is -2.31. The van der Waals surface area contributed by atoms with Crippen LogP contribution in [0.3, 0.4) is 0 Å². The average Bonchev–Trinajstić information content (AvgIpc) is 3.67. The average molecular weight is 494 g/mol. The number of benzene rings is 3. The molecule has 0 atom stereocenters. The Kier molecular flexibility index (Phi) is 6.12. The Morgan fingerprint density at radius 2 is 1.67 bits per heavy atom. The number of fused-ring (bicyclic) bond motifs is 1. The molecule has 36 heavy (non-hydrogen) atoms. The Morgan fingerprint density at radius 3 is 2.42 bits per heavy atom. The van der Waals surface area contributed by atoms with Crippen LogP contribution in [0.2, 0.25) is 0 Å². The van der Waals surface area contributed by atoms with Gasteiger partial charge in [0, 0.05) is 23.2 Å². The molecule has 1 saturated carbocycles. The zero-order chi connectivity index (χ0) is 25.6. The van der Waals surface area contributed by atoms with E-state index in [0.717, 1.165) is 41.7 Å². The number of carbonyl (C=O) groups excluding carboxylic acids is 1. The molecule has 1 aliphatic carbocycles. The molecule has 184 valence electrons. The number of nitrogens with one attached hydrogen (secondary N) is 1. The standard InChI is InChI=1S/C28H22F4N2O2/c1-15-24(27(35)33-13-17-4-2-6-22(31)25(17)16-8-9-16)20-5-3-7-23(32)26(20)28(36)34(15)14-18-12-19(29)10-11-21(18)30/h2-7,10-12,16H,8-9,13-14H2,1H3,(H,33,35). The van der Waals surface area contributed by atoms with Gasteiger partial charge in [-0.05, 0) is 67.1 Å². The maximum atomic E-state index is 14.8. The zero-order valence-electron chi connectivity index (χ0n) is 19.4. The molecule has 0 aliphatic heterocycles. The van der Waals surface area contributed by atoms with Gasteiger partial charge in [-0.15, -0.1) is 0 Å². The first-order valence-corrected chi connectivity index (χ1v) is 11.6. The minimum atomic E-state index is -0.832. The fourth-order valence-corrected chi connectivity index (χ4v) is 4.71. The molecule has 0 unspecified atom stereocenters. The Morgan fingerprint density at radius 1 is 0.944 bits per heavy atom. The number of carbonyl (C=O) groups is 1. The van der Waals surface area contributed by atoms with E-state index >= 15 is 0 Å². The lowest BCUT2D eigenvalue weighted by molar-refractivity contribution is 0.0951. The van der Waals surface area contributed by atoms with Crippen LogP contribution in [0.1, 0.15) is 51.5 Å². The second-order valence-corrected chi connectivity index (χ2v) is 9.02. The molecule has 1 aromatic heterocycles. The molecule has 1 amide bonds. The van der Waals surface area contributed by atoms with Crippen LogP contribution < -0.4 is 10.9 Å². The van der Waals surface area contributed by atoms with Gasteiger partial charge in [0.2, 0.25) is 0 Å². The number of rotatable bonds is 6. The van der Waals surface area contributed by atoms with Crippen LogP contribution in [-0.2, 0) is 13.1 Å². The van der Waals surface area contributed by atoms with Crippen molar-refractivity contribution >= 4 is 16.7 Å². The predicted molar refractivity (Wildman–Crippen MR) is 128 cm³/mol. The summed E-state index contributed by atoms with van der Waals surface area (Å²) in [7, 11) is 0. The molecule has 1 N–H and O–H groups in total. The highest BCUT2D eigenvalue weighted by atomic mass is 19.1. The van der Waals surface area contributed by atoms with Crippen LogP contribution in [0.15, 0.2) is 59.4 Å². The van der Waals surface area contributed by atoms with Gasteiger partial charge in [0.15, 0.2) is 0 Å². The molecule has 4 nitrogen and oxygen atoms in total. The highest BCUT2D eigenvalue weighted by molar-refractivity contribution is 6.07. The third-order valence-corrected chi connectivity index (χ3v) is 6.64. The summed E-state index contributed by atoms with van der Waals surface area (Å²) in [6.07, 6.45) is 1.76. The van der Waals surface area contributed by atoms with Gasteiger partial charge in [0.25, 0.3) is 11.5 Å². The molecule has 1 fully saturated rings. The second kappa shape index (κ2) is 9.26. The molecule has 0 radical (unpaired) electrons. The van der Waals surface area contributed by atoms with Crippen molar-refractivity contribution in [3.05, 3.63) is 116 Å². The van der Waals surface area contributed by atoms with E-state index in [1.807, 2.05) is 0 Å². The number of hydrogen-bond donors (Lipinski definition) is 1. The zero-order valence-corrected chi connectivity index (χ0v) is 19.4. The first kappa shape index (κ1) is 23.8. The highest BCUT2D eigenvalue weighted by Crippen LogP contribution is 2.43. The summed E-state index contributed by atoms with van der Waals surface area (Å²) in [6, 6.07) is 11.5. The number of aromatic nitrogens is 1. The minimum Gasteiger partial charge on any atom is -0.348 e. The molecule has 1 heterocycles. The Labute approximate surface area is 204 Å². The normalized spacial score (nSPS) is 13.2. The quantitative estimate of drug-likeness (QED) is 0.349. The molecule has 5 rings (SSSR count). The molecule has 4 aromatic rings. The van der Waals surface area contributed by atoms with Crippen molar-refractivity contribution < 1.29 is 22.4 Å². The van der Waals surface area contributed by atoms with Crippen LogP contribution in [0, 0.1) is 30.2 Å². The summed E-state index contributed by atoms with van der Waals surface area (Å²) in [5, 5.41) is 2.55. The number of amides is 1. The first-order chi connectivity index (χ1) is 17.3. The van der Waals surface area contributed by atoms with Crippen molar-refractivity contribution in [2.45, 2.75) is 38.8 Å². The third kappa shape index (κ3) is 4.27. The van der Waals surface area contributed by atoms with Crippen LogP contribution in [0.5, 0.6) is 0 Å². The molecule has 0 saturated heterocycles. The maximum Gasteiger partial charge on any atom is 0.261 e. The van der Waals surface area contributed by atoms with Crippen LogP contribution in [0.25, 0.3) is 10.8 Å². The molecular formula is C28H22F4N2O2. The predicted octanol–water partition coefficient (Wildman–Crippen LogP) is 5.72. The van der Waals surface area contributed by atoms with E-state index in [4.69, 9.17) is 0 Å². The smallest absolute Gasteiger partial charge is 0.261 e. The van der Waals surface area contributed by atoms with Crippen molar-refractivity contribution in [1.82, 2.24) is 9.88 Å². The molecule has 0 spiro atoms. The van der Waals surface area contributed by atoms with Gasteiger partial charge in [-0.25, -0.2) is 17.6 Å². The van der Waals surface area contributed by atoms with Gasteiger partial charge in [0.05, 0.1) is 17.5 Å². The summed E-state index contributed by atoms with van der Waals surface area (Å²) in [6.45, 7) is 1.14. The largest absolute Gasteiger partial charge is 0.348 e. The van der Waals surface area contributed by atoms with Crippen molar-refractivity contribution in [3.63, 3.8) is 0 Å². The summed E-state index contributed by atoms with van der Waals surface area (Å²) < 4.78 is 58.4. The molecular weight excluding hydrogens is 472 g/mol. The van der Waals surface area contributed by atoms with Crippen molar-refractivity contribution in [3.8, 4) is 0 Å². The van der Waals surface area contributed by atoms with Gasteiger partial charge in [-0.3, -0.25) is 9.59 Å². The fraction of sp³-hybridized carbons (Fsp3) is 0.214. The van der Waals surface area contributed by atoms with E-state index in [1.165, 1.54) is 25.1 Å². The number of hydrogen-bond acceptors (Lipinski definition) is 2. The monoisotopic (exact) mass is 494 g/mol. The Bertz CT molecular complexity index is 1570. The summed E-state index contributed by atoms with van der Waals surface area (Å²) in [5.74, 6) is -3.05. The number of halogens is 4. The lowest BCUT2D eigenvalue weighted by atomic mass is 10.0. The van der Waals surface area contributed by atoms with Crippen LogP contribution >= 0.6 is 0 Å². The van der Waals surface area contributed by atoms with Gasteiger partial charge >= 0.3 is 0 Å². The van der Waals surface area contributed by atoms with Crippen molar-refractivity contribution in [2.24, 2.45) is 0 Å². The van der Waals surface area contributed by atoms with Gasteiger partial charge in [-0.2, -0.15) is 0 Å². The number of pyridine rings is 1. The lowest BCUT2D eigenvalue weighted by Gasteiger charge is -2.18. The molecule has 3 aromatic carbocycles. The van der Waals surface area contributed by atoms with Crippen molar-refractivity contribution in [1.29, 1.82) is 0 Å². The fourth-order valence-electron chi connectivity index (χ4n) is 4.71. The van der Waals surface area contributed by atoms with E-state index in [2.05, 4.69) is 5.32 Å². The van der Waals surface area contributed by atoms with Gasteiger partial charge in [-0.1, -0.05) is 24.3 Å². The van der Waals surface area contributed by atoms with E-state index < -0.39 is 35.5 Å². The third-order valence-electron chi connectivity index (χ3n) is 6.64. The first-order valence-electron chi connectivity index (χ1n) is 11.6. The minimum absolute atomic E-state index is 0.0327. The van der Waals surface area contributed by atoms with E-state index in [0.29, 0.717) is 11.1 Å². The maximum absolute atomic E-state index is 14.8. The topological polar surface area (TPSA) is 51.1 Å². The molecule has 0 bridgehead atoms. The van der Waals surface area contributed by atoms with Crippen LogP contribution in [0.4, 0.5) is 17.6 Å². The number of nitrogens with zero attached hydrogens (tertiary/aromatic N) is 1. The van der Waals surface area contributed by atoms with Gasteiger partial charge in [0.1, 0.15) is 23.3 Å². The molecule has 1 aliphatic rings. The second-order valence-electron chi connectivity index (χ2n) is 9.02. The summed E-state index contributed by atoms with van der Waals surface area (Å²) in [4.78, 5) is 26.6. The van der Waals surface area contributed by atoms with E-state index in [1.54, 1.807) is 12.1 Å². The van der Waals surface area contributed by atoms with Crippen LogP contribution in [-0.4, -0.2) is 10.5 Å². The summed E-state index contributed by atoms with van der Waals surface area (Å²) >= 11 is 0.